The SMILES string of the molecule is Fc1ccc(-c2ccc(CNc3ccc(Br)cc3)o2)cc1. The number of benzene rings is 2. The highest BCUT2D eigenvalue weighted by molar-refractivity contribution is 9.10. The van der Waals surface area contributed by atoms with Gasteiger partial charge in [-0.15, -0.1) is 0 Å². The van der Waals surface area contributed by atoms with Crippen LogP contribution in [0.3, 0.4) is 0 Å². The molecule has 3 rings (SSSR count). The molecule has 1 heterocycles. The molecule has 0 saturated carbocycles. The average molecular weight is 346 g/mol. The maximum atomic E-state index is 12.9. The summed E-state index contributed by atoms with van der Waals surface area (Å²) in [5.41, 5.74) is 1.89. The molecule has 3 aromatic rings. The van der Waals surface area contributed by atoms with Crippen LogP contribution in [-0.2, 0) is 6.54 Å². The van der Waals surface area contributed by atoms with Crippen LogP contribution in [0.5, 0.6) is 0 Å². The number of hydrogen-bond donors (Lipinski definition) is 1. The van der Waals surface area contributed by atoms with Gasteiger partial charge in [0.05, 0.1) is 6.54 Å². The van der Waals surface area contributed by atoms with Gasteiger partial charge in [0.2, 0.25) is 0 Å². The van der Waals surface area contributed by atoms with Crippen LogP contribution in [-0.4, -0.2) is 0 Å². The van der Waals surface area contributed by atoms with Gasteiger partial charge in [-0.25, -0.2) is 4.39 Å². The summed E-state index contributed by atoms with van der Waals surface area (Å²) in [5.74, 6) is 1.32. The van der Waals surface area contributed by atoms with Crippen LogP contribution in [0.25, 0.3) is 11.3 Å². The lowest BCUT2D eigenvalue weighted by Gasteiger charge is -2.04. The highest BCUT2D eigenvalue weighted by atomic mass is 79.9. The number of halogens is 2. The second-order valence-electron chi connectivity index (χ2n) is 4.63. The van der Waals surface area contributed by atoms with Gasteiger partial charge in [-0.3, -0.25) is 0 Å². The molecule has 0 bridgehead atoms. The van der Waals surface area contributed by atoms with Crippen LogP contribution in [0.4, 0.5) is 10.1 Å². The quantitative estimate of drug-likeness (QED) is 0.679. The van der Waals surface area contributed by atoms with Gasteiger partial charge in [0.25, 0.3) is 0 Å². The van der Waals surface area contributed by atoms with Gasteiger partial charge in [0.15, 0.2) is 0 Å². The highest BCUT2D eigenvalue weighted by Gasteiger charge is 2.05. The summed E-state index contributed by atoms with van der Waals surface area (Å²) in [5, 5.41) is 3.29. The van der Waals surface area contributed by atoms with Crippen molar-refractivity contribution in [3.63, 3.8) is 0 Å². The molecule has 0 amide bonds. The molecule has 0 saturated heterocycles. The van der Waals surface area contributed by atoms with Gasteiger partial charge in [-0.1, -0.05) is 15.9 Å². The van der Waals surface area contributed by atoms with E-state index in [-0.39, 0.29) is 5.82 Å². The first-order valence-corrected chi connectivity index (χ1v) is 7.34. The number of furan rings is 1. The Balaban J connectivity index is 1.67. The molecule has 0 aliphatic carbocycles. The van der Waals surface area contributed by atoms with Crippen LogP contribution in [0.15, 0.2) is 69.6 Å². The van der Waals surface area contributed by atoms with Crippen molar-refractivity contribution in [2.45, 2.75) is 6.54 Å². The van der Waals surface area contributed by atoms with Gasteiger partial charge in [-0.2, -0.15) is 0 Å². The summed E-state index contributed by atoms with van der Waals surface area (Å²) in [6.45, 7) is 0.600. The van der Waals surface area contributed by atoms with Crippen molar-refractivity contribution in [1.29, 1.82) is 0 Å². The molecule has 0 atom stereocenters. The monoisotopic (exact) mass is 345 g/mol. The number of hydrogen-bond acceptors (Lipinski definition) is 2. The van der Waals surface area contributed by atoms with Crippen LogP contribution < -0.4 is 5.32 Å². The molecule has 0 aliphatic rings. The molecule has 2 aromatic carbocycles. The molecule has 0 spiro atoms. The third-order valence-electron chi connectivity index (χ3n) is 3.10. The summed E-state index contributed by atoms with van der Waals surface area (Å²) in [7, 11) is 0. The zero-order valence-electron chi connectivity index (χ0n) is 11.1. The fourth-order valence-electron chi connectivity index (χ4n) is 2.00. The van der Waals surface area contributed by atoms with Crippen molar-refractivity contribution in [2.24, 2.45) is 0 Å². The summed E-state index contributed by atoms with van der Waals surface area (Å²) < 4.78 is 19.7. The Morgan fingerprint density at radius 1 is 0.905 bits per heavy atom. The Morgan fingerprint density at radius 2 is 1.62 bits per heavy atom. The smallest absolute Gasteiger partial charge is 0.134 e. The molecule has 1 aromatic heterocycles. The van der Waals surface area contributed by atoms with E-state index in [2.05, 4.69) is 21.2 Å². The van der Waals surface area contributed by atoms with Crippen LogP contribution >= 0.6 is 15.9 Å². The first kappa shape index (κ1) is 13.9. The Bertz CT molecular complexity index is 719. The lowest BCUT2D eigenvalue weighted by atomic mass is 10.2. The van der Waals surface area contributed by atoms with Crippen molar-refractivity contribution in [2.75, 3.05) is 5.32 Å². The molecule has 1 N–H and O–H groups in total. The molecular formula is C17H13BrFNO. The van der Waals surface area contributed by atoms with Gasteiger partial charge < -0.3 is 9.73 Å². The van der Waals surface area contributed by atoms with Gasteiger partial charge >= 0.3 is 0 Å². The standard InChI is InChI=1S/C17H13BrFNO/c18-13-3-7-15(8-4-13)20-11-16-9-10-17(21-16)12-1-5-14(19)6-2-12/h1-10,20H,11H2. The molecule has 0 unspecified atom stereocenters. The molecular weight excluding hydrogens is 333 g/mol. The molecule has 0 radical (unpaired) electrons. The van der Waals surface area contributed by atoms with E-state index in [4.69, 9.17) is 4.42 Å². The van der Waals surface area contributed by atoms with E-state index in [1.807, 2.05) is 36.4 Å². The molecule has 106 valence electrons. The number of nitrogens with one attached hydrogen (secondary N) is 1. The maximum absolute atomic E-state index is 12.9. The second-order valence-corrected chi connectivity index (χ2v) is 5.55. The minimum Gasteiger partial charge on any atom is -0.459 e. The Morgan fingerprint density at radius 3 is 2.33 bits per heavy atom. The summed E-state index contributed by atoms with van der Waals surface area (Å²) in [6.07, 6.45) is 0. The van der Waals surface area contributed by atoms with Crippen molar-refractivity contribution in [1.82, 2.24) is 0 Å². The fourth-order valence-corrected chi connectivity index (χ4v) is 2.26. The summed E-state index contributed by atoms with van der Waals surface area (Å²) >= 11 is 3.40. The zero-order valence-corrected chi connectivity index (χ0v) is 12.7. The van der Waals surface area contributed by atoms with E-state index in [1.54, 1.807) is 12.1 Å². The van der Waals surface area contributed by atoms with E-state index >= 15 is 0 Å². The molecule has 0 fully saturated rings. The lowest BCUT2D eigenvalue weighted by Crippen LogP contribution is -1.97. The van der Waals surface area contributed by atoms with E-state index in [0.717, 1.165) is 27.2 Å². The average Bonchev–Trinajstić information content (AvgIpc) is 2.96. The zero-order chi connectivity index (χ0) is 14.7. The molecule has 4 heteroatoms. The van der Waals surface area contributed by atoms with Crippen molar-refractivity contribution >= 4 is 21.6 Å². The Kier molecular flexibility index (Phi) is 4.06. The minimum absolute atomic E-state index is 0.248. The number of anilines is 1. The van der Waals surface area contributed by atoms with Gasteiger partial charge in [0.1, 0.15) is 17.3 Å². The Labute approximate surface area is 130 Å². The fraction of sp³-hybridized carbons (Fsp3) is 0.0588. The van der Waals surface area contributed by atoms with Gasteiger partial charge in [-0.05, 0) is 60.7 Å². The van der Waals surface area contributed by atoms with E-state index in [1.165, 1.54) is 12.1 Å². The predicted molar refractivity (Wildman–Crippen MR) is 85.6 cm³/mol. The molecule has 21 heavy (non-hydrogen) atoms. The highest BCUT2D eigenvalue weighted by Crippen LogP contribution is 2.23. The lowest BCUT2D eigenvalue weighted by molar-refractivity contribution is 0.531. The summed E-state index contributed by atoms with van der Waals surface area (Å²) in [4.78, 5) is 0. The van der Waals surface area contributed by atoms with E-state index < -0.39 is 0 Å². The first-order valence-electron chi connectivity index (χ1n) is 6.55. The third-order valence-corrected chi connectivity index (χ3v) is 3.63. The van der Waals surface area contributed by atoms with Crippen molar-refractivity contribution < 1.29 is 8.81 Å². The normalized spacial score (nSPS) is 10.6. The second kappa shape index (κ2) is 6.14. The molecule has 0 aliphatic heterocycles. The number of rotatable bonds is 4. The van der Waals surface area contributed by atoms with Crippen LogP contribution in [0.2, 0.25) is 0 Å². The van der Waals surface area contributed by atoms with Crippen LogP contribution in [0, 0.1) is 5.82 Å². The Hall–Kier alpha value is -2.07. The van der Waals surface area contributed by atoms with Gasteiger partial charge in [0, 0.05) is 15.7 Å². The maximum Gasteiger partial charge on any atom is 0.134 e. The van der Waals surface area contributed by atoms with Crippen LogP contribution in [0.1, 0.15) is 5.76 Å². The third kappa shape index (κ3) is 3.52. The van der Waals surface area contributed by atoms with E-state index in [9.17, 15) is 4.39 Å². The first-order chi connectivity index (χ1) is 10.2. The molecule has 2 nitrogen and oxygen atoms in total. The largest absolute Gasteiger partial charge is 0.459 e. The topological polar surface area (TPSA) is 25.2 Å². The minimum atomic E-state index is -0.248. The van der Waals surface area contributed by atoms with Crippen molar-refractivity contribution in [3.05, 3.63) is 76.7 Å². The van der Waals surface area contributed by atoms with E-state index in [0.29, 0.717) is 6.54 Å². The van der Waals surface area contributed by atoms with Crippen molar-refractivity contribution in [3.8, 4) is 11.3 Å². The predicted octanol–water partition coefficient (Wildman–Crippen LogP) is 5.46. The summed E-state index contributed by atoms with van der Waals surface area (Å²) in [6, 6.07) is 18.0.